The van der Waals surface area contributed by atoms with Gasteiger partial charge in [-0.1, -0.05) is 12.1 Å². The molecule has 0 saturated carbocycles. The van der Waals surface area contributed by atoms with Crippen molar-refractivity contribution in [2.75, 3.05) is 48.1 Å². The zero-order valence-corrected chi connectivity index (χ0v) is 18.8. The number of carbonyl (C=O) groups excluding carboxylic acids is 2. The Morgan fingerprint density at radius 2 is 1.55 bits per heavy atom. The van der Waals surface area contributed by atoms with Crippen molar-refractivity contribution in [3.8, 4) is 11.5 Å². The monoisotopic (exact) mass is 458 g/mol. The molecule has 0 aromatic heterocycles. The van der Waals surface area contributed by atoms with Crippen molar-refractivity contribution >= 4 is 11.6 Å². The summed E-state index contributed by atoms with van der Waals surface area (Å²) in [6.07, 6.45) is -0.128. The molecule has 0 radical (unpaired) electrons. The van der Waals surface area contributed by atoms with Crippen molar-refractivity contribution < 1.29 is 42.7 Å². The third kappa shape index (κ3) is 4.38. The minimum atomic E-state index is -0.853. The van der Waals surface area contributed by atoms with Crippen LogP contribution in [0.1, 0.15) is 55.7 Å². The van der Waals surface area contributed by atoms with Crippen LogP contribution >= 0.6 is 0 Å². The van der Waals surface area contributed by atoms with Gasteiger partial charge in [0.05, 0.1) is 25.4 Å². The summed E-state index contributed by atoms with van der Waals surface area (Å²) in [6, 6.07) is 6.45. The van der Waals surface area contributed by atoms with Gasteiger partial charge in [0.15, 0.2) is 31.4 Å². The average Bonchev–Trinajstić information content (AvgIpc) is 2.85. The Bertz CT molecular complexity index is 1040. The summed E-state index contributed by atoms with van der Waals surface area (Å²) in [4.78, 5) is 27.5. The molecule has 0 amide bonds. The van der Waals surface area contributed by atoms with Gasteiger partial charge in [-0.25, -0.2) is 0 Å². The molecular formula is C24H26O9. The molecule has 2 aromatic carbocycles. The number of ketones is 2. The number of carbonyl (C=O) groups is 2. The van der Waals surface area contributed by atoms with Crippen molar-refractivity contribution in [2.24, 2.45) is 0 Å². The molecule has 2 aliphatic rings. The Labute approximate surface area is 191 Å². The third-order valence-corrected chi connectivity index (χ3v) is 5.42. The minimum Gasteiger partial charge on any atom is -0.467 e. The Hall–Kier alpha value is -2.82. The van der Waals surface area contributed by atoms with Crippen molar-refractivity contribution in [2.45, 2.75) is 19.3 Å². The van der Waals surface area contributed by atoms with Crippen molar-refractivity contribution in [3.05, 3.63) is 57.6 Å². The third-order valence-electron chi connectivity index (χ3n) is 5.42. The van der Waals surface area contributed by atoms with Gasteiger partial charge in [-0.15, -0.1) is 0 Å². The Morgan fingerprint density at radius 1 is 0.848 bits per heavy atom. The lowest BCUT2D eigenvalue weighted by atomic mass is 9.79. The normalized spacial score (nSPS) is 15.8. The predicted molar refractivity (Wildman–Crippen MR) is 115 cm³/mol. The van der Waals surface area contributed by atoms with E-state index in [1.54, 1.807) is 24.3 Å². The van der Waals surface area contributed by atoms with Gasteiger partial charge in [-0.3, -0.25) is 9.59 Å². The molecule has 9 heteroatoms. The van der Waals surface area contributed by atoms with Gasteiger partial charge in [0, 0.05) is 49.1 Å². The van der Waals surface area contributed by atoms with Crippen LogP contribution in [0, 0.1) is 0 Å². The number of ether oxygens (including phenoxy) is 7. The maximum Gasteiger partial charge on any atom is 0.198 e. The van der Waals surface area contributed by atoms with Crippen molar-refractivity contribution in [3.63, 3.8) is 0 Å². The number of fused-ring (bicyclic) bond motifs is 2. The molecule has 1 aliphatic heterocycles. The summed E-state index contributed by atoms with van der Waals surface area (Å²) >= 11 is 0. The summed E-state index contributed by atoms with van der Waals surface area (Å²) in [7, 11) is 4.51. The molecule has 0 atom stereocenters. The highest BCUT2D eigenvalue weighted by Gasteiger charge is 2.39. The van der Waals surface area contributed by atoms with Gasteiger partial charge in [0.1, 0.15) is 11.5 Å². The van der Waals surface area contributed by atoms with E-state index in [2.05, 4.69) is 0 Å². The minimum absolute atomic E-state index is 0.0466. The molecule has 1 fully saturated rings. The van der Waals surface area contributed by atoms with Crippen LogP contribution < -0.4 is 9.47 Å². The fourth-order valence-electron chi connectivity index (χ4n) is 4.07. The van der Waals surface area contributed by atoms with Crippen LogP contribution in [0.5, 0.6) is 11.5 Å². The van der Waals surface area contributed by atoms with E-state index in [0.717, 1.165) is 6.42 Å². The van der Waals surface area contributed by atoms with Gasteiger partial charge < -0.3 is 33.2 Å². The van der Waals surface area contributed by atoms with Gasteiger partial charge >= 0.3 is 0 Å². The topological polar surface area (TPSA) is 98.8 Å². The molecule has 0 N–H and O–H groups in total. The molecule has 9 nitrogen and oxygen atoms in total. The van der Waals surface area contributed by atoms with Crippen LogP contribution in [-0.2, 0) is 30.3 Å². The van der Waals surface area contributed by atoms with Gasteiger partial charge in [0.25, 0.3) is 0 Å². The van der Waals surface area contributed by atoms with Gasteiger partial charge in [0.2, 0.25) is 0 Å². The Kier molecular flexibility index (Phi) is 7.36. The van der Waals surface area contributed by atoms with Crippen LogP contribution in [0.3, 0.4) is 0 Å². The van der Waals surface area contributed by atoms with E-state index >= 15 is 0 Å². The summed E-state index contributed by atoms with van der Waals surface area (Å²) in [5, 5.41) is 0. The fourth-order valence-corrected chi connectivity index (χ4v) is 4.07. The summed E-state index contributed by atoms with van der Waals surface area (Å²) in [5.74, 6) is -0.0649. The van der Waals surface area contributed by atoms with Crippen LogP contribution in [0.15, 0.2) is 24.3 Å². The SMILES string of the molecule is COCOc1cc2c(c(C3OCCCO3)c1COC)C(=O)c1c(OCOC)cccc1C2=O. The molecule has 2 aromatic rings. The lowest BCUT2D eigenvalue weighted by Crippen LogP contribution is -2.28. The maximum atomic E-state index is 13.9. The second-order valence-corrected chi connectivity index (χ2v) is 7.49. The van der Waals surface area contributed by atoms with E-state index < -0.39 is 6.29 Å². The molecule has 4 rings (SSSR count). The second-order valence-electron chi connectivity index (χ2n) is 7.49. The molecule has 1 heterocycles. The van der Waals surface area contributed by atoms with E-state index in [1.165, 1.54) is 21.3 Å². The predicted octanol–water partition coefficient (Wildman–Crippen LogP) is 3.01. The van der Waals surface area contributed by atoms with E-state index in [4.69, 9.17) is 33.2 Å². The highest BCUT2D eigenvalue weighted by Crippen LogP contribution is 2.43. The zero-order chi connectivity index (χ0) is 23.4. The quantitative estimate of drug-likeness (QED) is 0.448. The maximum absolute atomic E-state index is 13.9. The van der Waals surface area contributed by atoms with E-state index in [1.807, 2.05) is 0 Å². The molecule has 0 spiro atoms. The number of hydrogen-bond acceptors (Lipinski definition) is 9. The molecule has 0 unspecified atom stereocenters. The number of methoxy groups -OCH3 is 3. The Balaban J connectivity index is 1.95. The van der Waals surface area contributed by atoms with Gasteiger partial charge in [-0.05, 0) is 18.6 Å². The lowest BCUT2D eigenvalue weighted by Gasteiger charge is -2.31. The summed E-state index contributed by atoms with van der Waals surface area (Å²) in [5.41, 5.74) is 1.80. The van der Waals surface area contributed by atoms with Crippen LogP contribution in [0.2, 0.25) is 0 Å². The van der Waals surface area contributed by atoms with Crippen molar-refractivity contribution in [1.82, 2.24) is 0 Å². The first-order valence-electron chi connectivity index (χ1n) is 10.5. The molecular weight excluding hydrogens is 432 g/mol. The number of hydrogen-bond donors (Lipinski definition) is 0. The van der Waals surface area contributed by atoms with Crippen LogP contribution in [0.25, 0.3) is 0 Å². The van der Waals surface area contributed by atoms with E-state index in [9.17, 15) is 9.59 Å². The highest BCUT2D eigenvalue weighted by molar-refractivity contribution is 6.30. The smallest absolute Gasteiger partial charge is 0.198 e. The van der Waals surface area contributed by atoms with Crippen molar-refractivity contribution in [1.29, 1.82) is 0 Å². The zero-order valence-electron chi connectivity index (χ0n) is 18.8. The molecule has 0 bridgehead atoms. The molecule has 176 valence electrons. The van der Waals surface area contributed by atoms with E-state index in [-0.39, 0.29) is 59.8 Å². The van der Waals surface area contributed by atoms with E-state index in [0.29, 0.717) is 30.1 Å². The lowest BCUT2D eigenvalue weighted by molar-refractivity contribution is -0.183. The Morgan fingerprint density at radius 3 is 2.21 bits per heavy atom. The molecule has 33 heavy (non-hydrogen) atoms. The number of rotatable bonds is 9. The first kappa shape index (κ1) is 23.3. The summed E-state index contributed by atoms with van der Waals surface area (Å²) < 4.78 is 38.6. The largest absolute Gasteiger partial charge is 0.467 e. The summed E-state index contributed by atoms with van der Waals surface area (Å²) in [6.45, 7) is 0.910. The van der Waals surface area contributed by atoms with Crippen LogP contribution in [0.4, 0.5) is 0 Å². The average molecular weight is 458 g/mol. The number of benzene rings is 2. The second kappa shape index (κ2) is 10.4. The van der Waals surface area contributed by atoms with Gasteiger partial charge in [-0.2, -0.15) is 0 Å². The van der Waals surface area contributed by atoms with Crippen LogP contribution in [-0.4, -0.2) is 59.7 Å². The first-order chi connectivity index (χ1) is 16.1. The molecule has 1 saturated heterocycles. The highest BCUT2D eigenvalue weighted by atomic mass is 16.7. The standard InChI is InChI=1S/C24H26O9/c1-27-11-16-18(33-13-29-3)10-15-20(21(16)24-30-8-5-9-31-24)23(26)19-14(22(15)25)6-4-7-17(19)32-12-28-2/h4,6-7,10,24H,5,8-9,11-13H2,1-3H3. The first-order valence-corrected chi connectivity index (χ1v) is 10.5. The fraction of sp³-hybridized carbons (Fsp3) is 0.417. The molecule has 1 aliphatic carbocycles.